The van der Waals surface area contributed by atoms with E-state index in [4.69, 9.17) is 0 Å². The topological polar surface area (TPSA) is 0 Å². The molecular formula is C10H18. The van der Waals surface area contributed by atoms with Gasteiger partial charge in [-0.2, -0.15) is 0 Å². The van der Waals surface area contributed by atoms with Crippen molar-refractivity contribution in [1.29, 1.82) is 0 Å². The maximum absolute atomic E-state index is 3.84. The lowest BCUT2D eigenvalue weighted by Crippen LogP contribution is -1.96. The Morgan fingerprint density at radius 3 is 2.50 bits per heavy atom. The molecule has 0 heteroatoms. The molecule has 4 unspecified atom stereocenters. The molecule has 0 amide bonds. The summed E-state index contributed by atoms with van der Waals surface area (Å²) in [7, 11) is 0. The average molecular weight is 138 g/mol. The van der Waals surface area contributed by atoms with Gasteiger partial charge in [-0.15, -0.1) is 6.58 Å². The van der Waals surface area contributed by atoms with Crippen LogP contribution in [0.25, 0.3) is 0 Å². The van der Waals surface area contributed by atoms with Crippen molar-refractivity contribution in [3.63, 3.8) is 0 Å². The molecule has 10 heavy (non-hydrogen) atoms. The Kier molecular flexibility index (Phi) is 2.18. The van der Waals surface area contributed by atoms with Gasteiger partial charge in [0.1, 0.15) is 0 Å². The van der Waals surface area contributed by atoms with Crippen molar-refractivity contribution in [2.45, 2.75) is 27.2 Å². The minimum atomic E-state index is 0.829. The first-order chi connectivity index (χ1) is 4.72. The molecule has 1 fully saturated rings. The van der Waals surface area contributed by atoms with Gasteiger partial charge in [0.05, 0.1) is 0 Å². The monoisotopic (exact) mass is 138 g/mol. The van der Waals surface area contributed by atoms with Crippen LogP contribution in [-0.4, -0.2) is 0 Å². The fourth-order valence-electron chi connectivity index (χ4n) is 2.07. The van der Waals surface area contributed by atoms with E-state index in [0.717, 1.165) is 23.7 Å². The molecule has 4 atom stereocenters. The second-order valence-corrected chi connectivity index (χ2v) is 3.64. The zero-order valence-electron chi connectivity index (χ0n) is 7.30. The Morgan fingerprint density at radius 2 is 2.20 bits per heavy atom. The second kappa shape index (κ2) is 2.77. The van der Waals surface area contributed by atoms with E-state index in [2.05, 4.69) is 33.4 Å². The molecule has 0 radical (unpaired) electrons. The van der Waals surface area contributed by atoms with Crippen molar-refractivity contribution in [2.75, 3.05) is 0 Å². The zero-order valence-corrected chi connectivity index (χ0v) is 7.30. The third-order valence-corrected chi connectivity index (χ3v) is 3.09. The summed E-state index contributed by atoms with van der Waals surface area (Å²) in [6.07, 6.45) is 3.45. The molecule has 0 saturated heterocycles. The van der Waals surface area contributed by atoms with Crippen molar-refractivity contribution in [2.24, 2.45) is 23.7 Å². The highest BCUT2D eigenvalue weighted by Crippen LogP contribution is 2.51. The van der Waals surface area contributed by atoms with Crippen LogP contribution in [0, 0.1) is 23.7 Å². The van der Waals surface area contributed by atoms with Crippen LogP contribution in [-0.2, 0) is 0 Å². The van der Waals surface area contributed by atoms with Crippen LogP contribution in [0.15, 0.2) is 12.7 Å². The molecule has 0 bridgehead atoms. The number of rotatable bonds is 3. The van der Waals surface area contributed by atoms with E-state index in [1.54, 1.807) is 0 Å². The van der Waals surface area contributed by atoms with Gasteiger partial charge in [0, 0.05) is 0 Å². The van der Waals surface area contributed by atoms with E-state index in [0.29, 0.717) is 0 Å². The first-order valence-corrected chi connectivity index (χ1v) is 4.34. The maximum atomic E-state index is 3.84. The van der Waals surface area contributed by atoms with Crippen molar-refractivity contribution in [1.82, 2.24) is 0 Å². The van der Waals surface area contributed by atoms with E-state index >= 15 is 0 Å². The van der Waals surface area contributed by atoms with E-state index in [1.165, 1.54) is 6.42 Å². The van der Waals surface area contributed by atoms with Crippen molar-refractivity contribution >= 4 is 0 Å². The summed E-state index contributed by atoms with van der Waals surface area (Å²) in [5.74, 6) is 3.59. The third kappa shape index (κ3) is 1.12. The fourth-order valence-corrected chi connectivity index (χ4v) is 2.07. The Labute approximate surface area is 64.3 Å². The van der Waals surface area contributed by atoms with Crippen LogP contribution in [0.4, 0.5) is 0 Å². The largest absolute Gasteiger partial charge is 0.103 e. The van der Waals surface area contributed by atoms with Crippen molar-refractivity contribution in [3.8, 4) is 0 Å². The Hall–Kier alpha value is -0.260. The molecule has 0 nitrogen and oxygen atoms in total. The van der Waals surface area contributed by atoms with Gasteiger partial charge in [0.15, 0.2) is 0 Å². The number of hydrogen-bond acceptors (Lipinski definition) is 0. The Bertz CT molecular complexity index is 126. The quantitative estimate of drug-likeness (QED) is 0.526. The van der Waals surface area contributed by atoms with Crippen LogP contribution < -0.4 is 0 Å². The molecule has 0 aromatic rings. The van der Waals surface area contributed by atoms with Crippen LogP contribution in [0.3, 0.4) is 0 Å². The van der Waals surface area contributed by atoms with Crippen molar-refractivity contribution < 1.29 is 0 Å². The van der Waals surface area contributed by atoms with Crippen LogP contribution in [0.5, 0.6) is 0 Å². The van der Waals surface area contributed by atoms with Gasteiger partial charge in [-0.25, -0.2) is 0 Å². The molecule has 0 heterocycles. The first-order valence-electron chi connectivity index (χ1n) is 4.34. The van der Waals surface area contributed by atoms with Crippen LogP contribution in [0.1, 0.15) is 27.2 Å². The third-order valence-electron chi connectivity index (χ3n) is 3.09. The highest BCUT2D eigenvalue weighted by molar-refractivity contribution is 5.05. The summed E-state index contributed by atoms with van der Waals surface area (Å²) in [5.41, 5.74) is 0. The summed E-state index contributed by atoms with van der Waals surface area (Å²) in [6.45, 7) is 10.8. The van der Waals surface area contributed by atoms with Crippen LogP contribution >= 0.6 is 0 Å². The smallest absolute Gasteiger partial charge is 0.0174 e. The highest BCUT2D eigenvalue weighted by atomic mass is 14.5. The summed E-state index contributed by atoms with van der Waals surface area (Å²) in [6, 6.07) is 0. The standard InChI is InChI=1S/C10H18/c1-5-7(3)10-8(4)9(10)6-2/h6-10H,2,5H2,1,3-4H3. The normalized spacial score (nSPS) is 40.9. The molecule has 1 rings (SSSR count). The molecule has 1 aliphatic carbocycles. The lowest BCUT2D eigenvalue weighted by Gasteiger charge is -2.04. The van der Waals surface area contributed by atoms with Gasteiger partial charge < -0.3 is 0 Å². The van der Waals surface area contributed by atoms with Crippen LogP contribution in [0.2, 0.25) is 0 Å². The lowest BCUT2D eigenvalue weighted by atomic mass is 10.0. The zero-order chi connectivity index (χ0) is 7.72. The second-order valence-electron chi connectivity index (χ2n) is 3.64. The molecular weight excluding hydrogens is 120 g/mol. The molecule has 0 aromatic carbocycles. The highest BCUT2D eigenvalue weighted by Gasteiger charge is 2.46. The minimum Gasteiger partial charge on any atom is -0.103 e. The van der Waals surface area contributed by atoms with Gasteiger partial charge in [-0.1, -0.05) is 33.3 Å². The van der Waals surface area contributed by atoms with Gasteiger partial charge in [0.2, 0.25) is 0 Å². The van der Waals surface area contributed by atoms with E-state index < -0.39 is 0 Å². The molecule has 1 aliphatic rings. The summed E-state index contributed by atoms with van der Waals surface area (Å²) in [4.78, 5) is 0. The van der Waals surface area contributed by atoms with Gasteiger partial charge in [0.25, 0.3) is 0 Å². The molecule has 0 spiro atoms. The number of allylic oxidation sites excluding steroid dienone is 1. The molecule has 0 aromatic heterocycles. The Morgan fingerprint density at radius 1 is 1.60 bits per heavy atom. The SMILES string of the molecule is C=CC1C(C)C1C(C)CC. The minimum absolute atomic E-state index is 0.829. The van der Waals surface area contributed by atoms with Gasteiger partial charge in [-0.05, 0) is 23.7 Å². The molecule has 0 aliphatic heterocycles. The summed E-state index contributed by atoms with van der Waals surface area (Å²) in [5, 5.41) is 0. The van der Waals surface area contributed by atoms with Gasteiger partial charge in [-0.3, -0.25) is 0 Å². The summed E-state index contributed by atoms with van der Waals surface area (Å²) >= 11 is 0. The maximum Gasteiger partial charge on any atom is -0.0174 e. The van der Waals surface area contributed by atoms with Gasteiger partial charge >= 0.3 is 0 Å². The van der Waals surface area contributed by atoms with E-state index in [1.807, 2.05) is 0 Å². The van der Waals surface area contributed by atoms with E-state index in [-0.39, 0.29) is 0 Å². The average Bonchev–Trinajstić information content (AvgIpc) is 2.59. The predicted octanol–water partition coefficient (Wildman–Crippen LogP) is 3.10. The molecule has 0 N–H and O–H groups in total. The predicted molar refractivity (Wildman–Crippen MR) is 45.8 cm³/mol. The number of hydrogen-bond donors (Lipinski definition) is 0. The first kappa shape index (κ1) is 7.84. The molecule has 1 saturated carbocycles. The van der Waals surface area contributed by atoms with Crippen molar-refractivity contribution in [3.05, 3.63) is 12.7 Å². The molecule has 58 valence electrons. The summed E-state index contributed by atoms with van der Waals surface area (Å²) < 4.78 is 0. The Balaban J connectivity index is 2.39. The lowest BCUT2D eigenvalue weighted by molar-refractivity contribution is 0.460. The fraction of sp³-hybridized carbons (Fsp3) is 0.800. The van der Waals surface area contributed by atoms with E-state index in [9.17, 15) is 0 Å².